The van der Waals surface area contributed by atoms with Gasteiger partial charge in [-0.25, -0.2) is 0 Å². The minimum Gasteiger partial charge on any atom is -0.379 e. The van der Waals surface area contributed by atoms with Gasteiger partial charge in [0.05, 0.1) is 10.2 Å². The summed E-state index contributed by atoms with van der Waals surface area (Å²) in [6, 6.07) is 1.95. The molecular formula is C9H13BrN2. The fourth-order valence-electron chi connectivity index (χ4n) is 0.881. The molecule has 0 atom stereocenters. The van der Waals surface area contributed by atoms with Crippen LogP contribution in [0.2, 0.25) is 0 Å². The minimum atomic E-state index is 0.0872. The maximum atomic E-state index is 3.99. The molecule has 0 fully saturated rings. The van der Waals surface area contributed by atoms with Crippen LogP contribution in [-0.2, 0) is 0 Å². The van der Waals surface area contributed by atoms with Crippen molar-refractivity contribution in [3.05, 3.63) is 22.9 Å². The van der Waals surface area contributed by atoms with Crippen molar-refractivity contribution in [2.75, 3.05) is 5.32 Å². The van der Waals surface area contributed by atoms with Gasteiger partial charge >= 0.3 is 0 Å². The topological polar surface area (TPSA) is 24.9 Å². The largest absolute Gasteiger partial charge is 0.379 e. The third kappa shape index (κ3) is 2.81. The molecule has 0 saturated carbocycles. The standard InChI is InChI=1S/C9H13BrN2/c1-9(2,3)12-8-4-5-11-6-7(8)10/h4-6H,1-3H3,(H,11,12). The van der Waals surface area contributed by atoms with Crippen molar-refractivity contribution < 1.29 is 0 Å². The molecule has 1 N–H and O–H groups in total. The average Bonchev–Trinajstić information content (AvgIpc) is 1.91. The Balaban J connectivity index is 2.83. The Morgan fingerprint density at radius 2 is 2.08 bits per heavy atom. The second-order valence-electron chi connectivity index (χ2n) is 3.73. The molecule has 1 aromatic heterocycles. The average molecular weight is 229 g/mol. The lowest BCUT2D eigenvalue weighted by molar-refractivity contribution is 0.633. The third-order valence-corrected chi connectivity index (χ3v) is 1.91. The highest BCUT2D eigenvalue weighted by molar-refractivity contribution is 9.10. The van der Waals surface area contributed by atoms with Crippen LogP contribution in [0.25, 0.3) is 0 Å². The Labute approximate surface area is 81.5 Å². The number of nitrogens with zero attached hydrogens (tertiary/aromatic N) is 1. The second-order valence-corrected chi connectivity index (χ2v) is 4.58. The molecule has 1 rings (SSSR count). The second kappa shape index (κ2) is 3.44. The van der Waals surface area contributed by atoms with Gasteiger partial charge in [-0.1, -0.05) is 0 Å². The van der Waals surface area contributed by atoms with Crippen molar-refractivity contribution in [1.29, 1.82) is 0 Å². The molecule has 1 heterocycles. The molecule has 0 bridgehead atoms. The van der Waals surface area contributed by atoms with E-state index in [9.17, 15) is 0 Å². The van der Waals surface area contributed by atoms with Crippen LogP contribution in [0.4, 0.5) is 5.69 Å². The van der Waals surface area contributed by atoms with Crippen molar-refractivity contribution in [1.82, 2.24) is 4.98 Å². The molecule has 1 aromatic rings. The molecule has 66 valence electrons. The van der Waals surface area contributed by atoms with Crippen molar-refractivity contribution in [2.24, 2.45) is 0 Å². The number of hydrogen-bond acceptors (Lipinski definition) is 2. The SMILES string of the molecule is CC(C)(C)Nc1ccncc1Br. The fourth-order valence-corrected chi connectivity index (χ4v) is 1.23. The van der Waals surface area contributed by atoms with Crippen LogP contribution in [-0.4, -0.2) is 10.5 Å². The zero-order valence-electron chi connectivity index (χ0n) is 7.56. The van der Waals surface area contributed by atoms with Gasteiger partial charge in [-0.3, -0.25) is 4.98 Å². The molecule has 0 aliphatic carbocycles. The van der Waals surface area contributed by atoms with Crippen molar-refractivity contribution >= 4 is 21.6 Å². The van der Waals surface area contributed by atoms with Gasteiger partial charge in [0, 0.05) is 17.9 Å². The fraction of sp³-hybridized carbons (Fsp3) is 0.444. The maximum absolute atomic E-state index is 3.99. The summed E-state index contributed by atoms with van der Waals surface area (Å²) in [4.78, 5) is 3.99. The van der Waals surface area contributed by atoms with E-state index < -0.39 is 0 Å². The van der Waals surface area contributed by atoms with Crippen molar-refractivity contribution in [3.8, 4) is 0 Å². The van der Waals surface area contributed by atoms with Gasteiger partial charge in [0.15, 0.2) is 0 Å². The lowest BCUT2D eigenvalue weighted by Gasteiger charge is -2.22. The van der Waals surface area contributed by atoms with Crippen LogP contribution in [0.1, 0.15) is 20.8 Å². The normalized spacial score (nSPS) is 11.3. The monoisotopic (exact) mass is 228 g/mol. The van der Waals surface area contributed by atoms with E-state index in [2.05, 4.69) is 47.0 Å². The van der Waals surface area contributed by atoms with Crippen LogP contribution in [0.5, 0.6) is 0 Å². The zero-order chi connectivity index (χ0) is 9.19. The minimum absolute atomic E-state index is 0.0872. The molecule has 0 radical (unpaired) electrons. The highest BCUT2D eigenvalue weighted by Gasteiger charge is 2.10. The van der Waals surface area contributed by atoms with E-state index >= 15 is 0 Å². The number of rotatable bonds is 1. The van der Waals surface area contributed by atoms with Crippen LogP contribution in [0, 0.1) is 0 Å². The van der Waals surface area contributed by atoms with E-state index in [1.807, 2.05) is 6.07 Å². The summed E-state index contributed by atoms with van der Waals surface area (Å²) in [5.41, 5.74) is 1.17. The molecule has 0 spiro atoms. The summed E-state index contributed by atoms with van der Waals surface area (Å²) in [6.45, 7) is 6.37. The first kappa shape index (κ1) is 9.52. The summed E-state index contributed by atoms with van der Waals surface area (Å²) in [5.74, 6) is 0. The van der Waals surface area contributed by atoms with E-state index in [-0.39, 0.29) is 5.54 Å². The van der Waals surface area contributed by atoms with Gasteiger partial charge in [-0.15, -0.1) is 0 Å². The molecule has 0 aliphatic heterocycles. The highest BCUT2D eigenvalue weighted by atomic mass is 79.9. The molecular weight excluding hydrogens is 216 g/mol. The summed E-state index contributed by atoms with van der Waals surface area (Å²) >= 11 is 3.42. The molecule has 0 aliphatic rings. The van der Waals surface area contributed by atoms with Gasteiger partial charge < -0.3 is 5.32 Å². The van der Waals surface area contributed by atoms with Crippen LogP contribution >= 0.6 is 15.9 Å². The highest BCUT2D eigenvalue weighted by Crippen LogP contribution is 2.23. The summed E-state index contributed by atoms with van der Waals surface area (Å²) in [6.07, 6.45) is 3.56. The maximum Gasteiger partial charge on any atom is 0.0590 e. The number of aromatic nitrogens is 1. The molecule has 2 nitrogen and oxygen atoms in total. The predicted molar refractivity (Wildman–Crippen MR) is 55.3 cm³/mol. The molecule has 0 amide bonds. The van der Waals surface area contributed by atoms with Crippen LogP contribution < -0.4 is 5.32 Å². The Morgan fingerprint density at radius 1 is 1.42 bits per heavy atom. The number of pyridine rings is 1. The Hall–Kier alpha value is -0.570. The van der Waals surface area contributed by atoms with E-state index in [0.717, 1.165) is 10.2 Å². The van der Waals surface area contributed by atoms with Crippen LogP contribution in [0.3, 0.4) is 0 Å². The first-order valence-corrected chi connectivity index (χ1v) is 4.66. The van der Waals surface area contributed by atoms with Gasteiger partial charge in [0.25, 0.3) is 0 Å². The van der Waals surface area contributed by atoms with Crippen LogP contribution in [0.15, 0.2) is 22.9 Å². The first-order valence-electron chi connectivity index (χ1n) is 3.87. The summed E-state index contributed by atoms with van der Waals surface area (Å²) in [5, 5.41) is 3.36. The van der Waals surface area contributed by atoms with Gasteiger partial charge in [-0.2, -0.15) is 0 Å². The van der Waals surface area contributed by atoms with Gasteiger partial charge in [-0.05, 0) is 42.8 Å². The Kier molecular flexibility index (Phi) is 2.73. The molecule has 3 heteroatoms. The number of nitrogens with one attached hydrogen (secondary N) is 1. The number of halogens is 1. The third-order valence-electron chi connectivity index (χ3n) is 1.28. The van der Waals surface area contributed by atoms with Crippen molar-refractivity contribution in [3.63, 3.8) is 0 Å². The van der Waals surface area contributed by atoms with E-state index in [4.69, 9.17) is 0 Å². The molecule has 0 aromatic carbocycles. The summed E-state index contributed by atoms with van der Waals surface area (Å²) < 4.78 is 1.000. The number of hydrogen-bond donors (Lipinski definition) is 1. The van der Waals surface area contributed by atoms with Crippen molar-refractivity contribution in [2.45, 2.75) is 26.3 Å². The molecule has 12 heavy (non-hydrogen) atoms. The summed E-state index contributed by atoms with van der Waals surface area (Å²) in [7, 11) is 0. The van der Waals surface area contributed by atoms with Gasteiger partial charge in [0.1, 0.15) is 0 Å². The Morgan fingerprint density at radius 3 is 2.58 bits per heavy atom. The smallest absolute Gasteiger partial charge is 0.0590 e. The quantitative estimate of drug-likeness (QED) is 0.800. The van der Waals surface area contributed by atoms with E-state index in [0.29, 0.717) is 0 Å². The molecule has 0 saturated heterocycles. The van der Waals surface area contributed by atoms with E-state index in [1.165, 1.54) is 0 Å². The van der Waals surface area contributed by atoms with E-state index in [1.54, 1.807) is 12.4 Å². The zero-order valence-corrected chi connectivity index (χ0v) is 9.14. The van der Waals surface area contributed by atoms with Gasteiger partial charge in [0.2, 0.25) is 0 Å². The predicted octanol–water partition coefficient (Wildman–Crippen LogP) is 3.05. The Bertz CT molecular complexity index is 265. The first-order chi connectivity index (χ1) is 5.49. The lowest BCUT2D eigenvalue weighted by atomic mass is 10.1. The molecule has 0 unspecified atom stereocenters. The lowest BCUT2D eigenvalue weighted by Crippen LogP contribution is -2.26. The number of anilines is 1.